The molecule has 0 fully saturated rings. The Bertz CT molecular complexity index is 989. The van der Waals surface area contributed by atoms with Crippen LogP contribution in [0.1, 0.15) is 56.9 Å². The van der Waals surface area contributed by atoms with E-state index in [-0.39, 0.29) is 18.4 Å². The zero-order valence-corrected chi connectivity index (χ0v) is 20.8. The van der Waals surface area contributed by atoms with Crippen LogP contribution >= 0.6 is 0 Å². The SMILES string of the molecule is CN(CCO)CCCNC(=O)C(NC(=O)c1nn(CCCCC#N)c2ccccc12)C(C)(C)C. The molecule has 0 aliphatic heterocycles. The molecule has 9 nitrogen and oxygen atoms in total. The summed E-state index contributed by atoms with van der Waals surface area (Å²) in [7, 11) is 1.92. The van der Waals surface area contributed by atoms with Crippen LogP contribution in [0.4, 0.5) is 0 Å². The molecule has 2 rings (SSSR count). The van der Waals surface area contributed by atoms with E-state index in [1.807, 2.05) is 57.0 Å². The number of unbranched alkanes of at least 4 members (excludes halogenated alkanes) is 2. The van der Waals surface area contributed by atoms with Crippen molar-refractivity contribution in [2.24, 2.45) is 5.41 Å². The second kappa shape index (κ2) is 13.1. The highest BCUT2D eigenvalue weighted by molar-refractivity contribution is 6.06. The maximum Gasteiger partial charge on any atom is 0.273 e. The van der Waals surface area contributed by atoms with Crippen LogP contribution in [0.2, 0.25) is 0 Å². The summed E-state index contributed by atoms with van der Waals surface area (Å²) in [5.41, 5.74) is 0.653. The van der Waals surface area contributed by atoms with Gasteiger partial charge in [-0.25, -0.2) is 0 Å². The van der Waals surface area contributed by atoms with Crippen LogP contribution in [0.15, 0.2) is 24.3 Å². The second-order valence-electron chi connectivity index (χ2n) is 9.65. The van der Waals surface area contributed by atoms with Gasteiger partial charge in [-0.05, 0) is 44.3 Å². The molecule has 0 radical (unpaired) electrons. The summed E-state index contributed by atoms with van der Waals surface area (Å²) >= 11 is 0. The van der Waals surface area contributed by atoms with Crippen LogP contribution in [0, 0.1) is 16.7 Å². The Morgan fingerprint density at radius 3 is 2.62 bits per heavy atom. The molecule has 1 aromatic carbocycles. The highest BCUT2D eigenvalue weighted by Gasteiger charge is 2.33. The van der Waals surface area contributed by atoms with E-state index in [0.29, 0.717) is 31.7 Å². The fourth-order valence-electron chi connectivity index (χ4n) is 3.75. The van der Waals surface area contributed by atoms with E-state index < -0.39 is 11.5 Å². The molecule has 2 amide bonds. The van der Waals surface area contributed by atoms with Crippen molar-refractivity contribution in [3.05, 3.63) is 30.0 Å². The maximum absolute atomic E-state index is 13.3. The Morgan fingerprint density at radius 1 is 1.21 bits per heavy atom. The van der Waals surface area contributed by atoms with E-state index in [1.54, 1.807) is 4.68 Å². The van der Waals surface area contributed by atoms with Gasteiger partial charge in [-0.1, -0.05) is 39.0 Å². The predicted octanol–water partition coefficient (Wildman–Crippen LogP) is 2.31. The summed E-state index contributed by atoms with van der Waals surface area (Å²) in [6.07, 6.45) is 2.80. The molecular weight excluding hydrogens is 432 g/mol. The van der Waals surface area contributed by atoms with E-state index in [4.69, 9.17) is 10.4 Å². The standard InChI is InChI=1S/C25H38N6O3/c1-25(2,3)22(24(34)27-14-10-15-30(4)17-18-32)28-23(33)21-19-11-6-7-12-20(19)31(29-21)16-9-5-8-13-26/h6-7,11-12,22,32H,5,8-10,14-18H2,1-4H3,(H,27,34)(H,28,33). The normalized spacial score (nSPS) is 12.5. The Kier molecular flexibility index (Phi) is 10.5. The van der Waals surface area contributed by atoms with Crippen LogP contribution in [-0.2, 0) is 11.3 Å². The second-order valence-corrected chi connectivity index (χ2v) is 9.65. The van der Waals surface area contributed by atoms with E-state index in [9.17, 15) is 9.59 Å². The van der Waals surface area contributed by atoms with E-state index in [2.05, 4.69) is 21.8 Å². The Hall–Kier alpha value is -2.96. The average Bonchev–Trinajstić information content (AvgIpc) is 3.16. The van der Waals surface area contributed by atoms with Gasteiger partial charge < -0.3 is 20.6 Å². The third-order valence-electron chi connectivity index (χ3n) is 5.68. The molecule has 34 heavy (non-hydrogen) atoms. The highest BCUT2D eigenvalue weighted by Crippen LogP contribution is 2.23. The molecule has 0 saturated heterocycles. The van der Waals surface area contributed by atoms with Crippen molar-refractivity contribution < 1.29 is 14.7 Å². The number of amides is 2. The van der Waals surface area contributed by atoms with Gasteiger partial charge in [0.15, 0.2) is 5.69 Å². The number of aliphatic hydroxyl groups is 1. The average molecular weight is 471 g/mol. The molecule has 1 atom stereocenters. The van der Waals surface area contributed by atoms with Crippen LogP contribution in [0.5, 0.6) is 0 Å². The number of carbonyl (C=O) groups excluding carboxylic acids is 2. The summed E-state index contributed by atoms with van der Waals surface area (Å²) in [6, 6.07) is 8.97. The first kappa shape index (κ1) is 27.3. The molecule has 3 N–H and O–H groups in total. The van der Waals surface area contributed by atoms with Gasteiger partial charge in [0.05, 0.1) is 18.2 Å². The predicted molar refractivity (Wildman–Crippen MR) is 132 cm³/mol. The summed E-state index contributed by atoms with van der Waals surface area (Å²) < 4.78 is 1.80. The zero-order chi connectivity index (χ0) is 25.1. The number of benzene rings is 1. The first-order chi connectivity index (χ1) is 16.2. The fraction of sp³-hybridized carbons (Fsp3) is 0.600. The number of aromatic nitrogens is 2. The molecule has 1 unspecified atom stereocenters. The molecule has 9 heteroatoms. The number of hydrogen-bond acceptors (Lipinski definition) is 6. The Balaban J connectivity index is 2.10. The number of nitriles is 1. The summed E-state index contributed by atoms with van der Waals surface area (Å²) in [5.74, 6) is -0.615. The lowest BCUT2D eigenvalue weighted by Crippen LogP contribution is -2.54. The number of hydrogen-bond donors (Lipinski definition) is 3. The number of nitrogens with zero attached hydrogens (tertiary/aromatic N) is 4. The maximum atomic E-state index is 13.3. The van der Waals surface area contributed by atoms with Crippen molar-refractivity contribution in [3.8, 4) is 6.07 Å². The molecule has 0 aliphatic rings. The zero-order valence-electron chi connectivity index (χ0n) is 20.8. The minimum absolute atomic E-state index is 0.102. The first-order valence-electron chi connectivity index (χ1n) is 11.9. The number of carbonyl (C=O) groups is 2. The molecule has 0 bridgehead atoms. The third-order valence-corrected chi connectivity index (χ3v) is 5.68. The van der Waals surface area contributed by atoms with Crippen LogP contribution in [0.25, 0.3) is 10.9 Å². The molecule has 0 saturated carbocycles. The smallest absolute Gasteiger partial charge is 0.273 e. The van der Waals surface area contributed by atoms with Gasteiger partial charge in [0, 0.05) is 31.4 Å². The molecule has 2 aromatic rings. The van der Waals surface area contributed by atoms with Gasteiger partial charge in [-0.2, -0.15) is 10.4 Å². The fourth-order valence-corrected chi connectivity index (χ4v) is 3.75. The van der Waals surface area contributed by atoms with E-state index in [0.717, 1.165) is 36.7 Å². The number of likely N-dealkylation sites (N-methyl/N-ethyl adjacent to an activating group) is 1. The van der Waals surface area contributed by atoms with Gasteiger partial charge in [0.1, 0.15) is 6.04 Å². The molecule has 1 heterocycles. The summed E-state index contributed by atoms with van der Waals surface area (Å²) in [6.45, 7) is 8.29. The molecule has 0 spiro atoms. The first-order valence-corrected chi connectivity index (χ1v) is 11.9. The minimum Gasteiger partial charge on any atom is -0.395 e. The number of fused-ring (bicyclic) bond motifs is 1. The van der Waals surface area contributed by atoms with Crippen LogP contribution in [0.3, 0.4) is 0 Å². The number of aryl methyl sites for hydroxylation is 1. The van der Waals surface area contributed by atoms with E-state index >= 15 is 0 Å². The van der Waals surface area contributed by atoms with Gasteiger partial charge in [0.25, 0.3) is 5.91 Å². The van der Waals surface area contributed by atoms with Gasteiger partial charge in [-0.15, -0.1) is 0 Å². The lowest BCUT2D eigenvalue weighted by molar-refractivity contribution is -0.125. The topological polar surface area (TPSA) is 123 Å². The van der Waals surface area contributed by atoms with Crippen molar-refractivity contribution in [1.82, 2.24) is 25.3 Å². The lowest BCUT2D eigenvalue weighted by Gasteiger charge is -2.30. The third kappa shape index (κ3) is 7.82. The molecular formula is C25H38N6O3. The van der Waals surface area contributed by atoms with Crippen molar-refractivity contribution in [2.45, 2.75) is 59.0 Å². The Morgan fingerprint density at radius 2 is 1.94 bits per heavy atom. The van der Waals surface area contributed by atoms with Gasteiger partial charge in [0.2, 0.25) is 5.91 Å². The van der Waals surface area contributed by atoms with Crippen LogP contribution in [-0.4, -0.2) is 70.9 Å². The lowest BCUT2D eigenvalue weighted by atomic mass is 9.86. The number of para-hydroxylation sites is 1. The Labute approximate surface area is 202 Å². The van der Waals surface area contributed by atoms with Crippen LogP contribution < -0.4 is 10.6 Å². The highest BCUT2D eigenvalue weighted by atomic mass is 16.3. The number of aliphatic hydroxyl groups excluding tert-OH is 1. The summed E-state index contributed by atoms with van der Waals surface area (Å²) in [4.78, 5) is 28.2. The van der Waals surface area contributed by atoms with Crippen molar-refractivity contribution in [2.75, 3.05) is 33.3 Å². The minimum atomic E-state index is -0.727. The van der Waals surface area contributed by atoms with Crippen molar-refractivity contribution in [3.63, 3.8) is 0 Å². The molecule has 186 valence electrons. The van der Waals surface area contributed by atoms with Crippen molar-refractivity contribution >= 4 is 22.7 Å². The number of nitrogens with one attached hydrogen (secondary N) is 2. The summed E-state index contributed by atoms with van der Waals surface area (Å²) in [5, 5.41) is 28.9. The van der Waals surface area contributed by atoms with E-state index in [1.165, 1.54) is 0 Å². The largest absolute Gasteiger partial charge is 0.395 e. The monoisotopic (exact) mass is 470 g/mol. The molecule has 0 aliphatic carbocycles. The van der Waals surface area contributed by atoms with Gasteiger partial charge in [-0.3, -0.25) is 14.3 Å². The van der Waals surface area contributed by atoms with Gasteiger partial charge >= 0.3 is 0 Å². The quantitative estimate of drug-likeness (QED) is 0.386. The molecule has 1 aromatic heterocycles. The number of rotatable bonds is 13. The van der Waals surface area contributed by atoms with Crippen molar-refractivity contribution in [1.29, 1.82) is 5.26 Å².